The molecule has 0 amide bonds. The van der Waals surface area contributed by atoms with Gasteiger partial charge in [-0.2, -0.15) is 0 Å². The van der Waals surface area contributed by atoms with Crippen molar-refractivity contribution in [2.75, 3.05) is 20.3 Å². The normalized spacial score (nSPS) is 31.9. The van der Waals surface area contributed by atoms with Crippen molar-refractivity contribution in [3.63, 3.8) is 0 Å². The van der Waals surface area contributed by atoms with E-state index in [-0.39, 0.29) is 17.9 Å². The van der Waals surface area contributed by atoms with E-state index in [0.717, 1.165) is 11.5 Å². The summed E-state index contributed by atoms with van der Waals surface area (Å²) in [5.41, 5.74) is 0. The summed E-state index contributed by atoms with van der Waals surface area (Å²) < 4.78 is 5.37. The van der Waals surface area contributed by atoms with Crippen LogP contribution in [0.3, 0.4) is 0 Å². The highest BCUT2D eigenvalue weighted by molar-refractivity contribution is 7.80. The molecule has 1 N–H and O–H groups in total. The SMILES string of the molecule is CN(C(=S)C1CC1=O)C1CNCO1. The number of nitrogens with zero attached hydrogens (tertiary/aromatic N) is 1. The molecule has 1 saturated heterocycles. The lowest BCUT2D eigenvalue weighted by Crippen LogP contribution is -2.39. The summed E-state index contributed by atoms with van der Waals surface area (Å²) in [5.74, 6) is 0.243. The van der Waals surface area contributed by atoms with Gasteiger partial charge in [0, 0.05) is 20.0 Å². The fourth-order valence-electron chi connectivity index (χ4n) is 1.40. The summed E-state index contributed by atoms with van der Waals surface area (Å²) in [6.45, 7) is 1.34. The third kappa shape index (κ3) is 1.72. The molecule has 1 aliphatic carbocycles. The van der Waals surface area contributed by atoms with Gasteiger partial charge in [0.1, 0.15) is 12.0 Å². The molecule has 1 saturated carbocycles. The summed E-state index contributed by atoms with van der Waals surface area (Å²) in [4.78, 5) is 13.5. The van der Waals surface area contributed by atoms with E-state index in [0.29, 0.717) is 13.2 Å². The minimum absolute atomic E-state index is 0.000833. The second kappa shape index (κ2) is 3.32. The van der Waals surface area contributed by atoms with Crippen LogP contribution in [-0.4, -0.2) is 42.2 Å². The summed E-state index contributed by atoms with van der Waals surface area (Å²) in [6, 6.07) is 0. The molecular formula is C8H12N2O2S. The van der Waals surface area contributed by atoms with E-state index in [1.54, 1.807) is 0 Å². The smallest absolute Gasteiger partial charge is 0.144 e. The molecule has 2 atom stereocenters. The van der Waals surface area contributed by atoms with E-state index in [2.05, 4.69) is 5.32 Å². The maximum absolute atomic E-state index is 10.9. The molecule has 0 spiro atoms. The molecule has 1 heterocycles. The second-order valence-corrected chi connectivity index (χ2v) is 3.81. The first-order chi connectivity index (χ1) is 6.20. The van der Waals surface area contributed by atoms with Crippen LogP contribution in [0.5, 0.6) is 0 Å². The van der Waals surface area contributed by atoms with Gasteiger partial charge < -0.3 is 9.64 Å². The van der Waals surface area contributed by atoms with E-state index in [9.17, 15) is 4.79 Å². The van der Waals surface area contributed by atoms with E-state index in [1.807, 2.05) is 11.9 Å². The van der Waals surface area contributed by atoms with E-state index in [1.165, 1.54) is 0 Å². The van der Waals surface area contributed by atoms with E-state index < -0.39 is 0 Å². The first-order valence-electron chi connectivity index (χ1n) is 4.32. The molecule has 13 heavy (non-hydrogen) atoms. The van der Waals surface area contributed by atoms with Crippen LogP contribution in [0.4, 0.5) is 0 Å². The fraction of sp³-hybridized carbons (Fsp3) is 0.750. The highest BCUT2D eigenvalue weighted by Crippen LogP contribution is 2.27. The van der Waals surface area contributed by atoms with Gasteiger partial charge >= 0.3 is 0 Å². The van der Waals surface area contributed by atoms with Crippen LogP contribution in [0.1, 0.15) is 6.42 Å². The lowest BCUT2D eigenvalue weighted by Gasteiger charge is -2.24. The van der Waals surface area contributed by atoms with Gasteiger partial charge in [0.15, 0.2) is 0 Å². The molecule has 2 unspecified atom stereocenters. The lowest BCUT2D eigenvalue weighted by atomic mass is 10.3. The van der Waals surface area contributed by atoms with Crippen LogP contribution >= 0.6 is 12.2 Å². The molecule has 0 bridgehead atoms. The van der Waals surface area contributed by atoms with Crippen LogP contribution in [-0.2, 0) is 9.53 Å². The lowest BCUT2D eigenvalue weighted by molar-refractivity contribution is -0.110. The molecule has 0 aromatic carbocycles. The van der Waals surface area contributed by atoms with Crippen molar-refractivity contribution in [2.24, 2.45) is 5.92 Å². The quantitative estimate of drug-likeness (QED) is 0.622. The van der Waals surface area contributed by atoms with Gasteiger partial charge in [-0.05, 0) is 0 Å². The van der Waals surface area contributed by atoms with Crippen molar-refractivity contribution in [3.8, 4) is 0 Å². The number of thiocarbonyl (C=S) groups is 1. The maximum Gasteiger partial charge on any atom is 0.144 e. The minimum atomic E-state index is -0.0100. The van der Waals surface area contributed by atoms with Crippen molar-refractivity contribution in [1.82, 2.24) is 10.2 Å². The number of Topliss-reactive ketones (excluding diaryl/α,β-unsaturated/α-hetero) is 1. The highest BCUT2D eigenvalue weighted by Gasteiger charge is 2.41. The molecule has 2 fully saturated rings. The zero-order valence-corrected chi connectivity index (χ0v) is 8.26. The van der Waals surface area contributed by atoms with Gasteiger partial charge in [-0.1, -0.05) is 12.2 Å². The number of ether oxygens (including phenoxy) is 1. The molecule has 4 nitrogen and oxygen atoms in total. The Balaban J connectivity index is 1.91. The Kier molecular flexibility index (Phi) is 2.31. The average molecular weight is 200 g/mol. The highest BCUT2D eigenvalue weighted by atomic mass is 32.1. The van der Waals surface area contributed by atoms with E-state index >= 15 is 0 Å². The van der Waals surface area contributed by atoms with Crippen LogP contribution in [0.25, 0.3) is 0 Å². The zero-order chi connectivity index (χ0) is 9.42. The number of nitrogens with one attached hydrogen (secondary N) is 1. The summed E-state index contributed by atoms with van der Waals surface area (Å²) in [7, 11) is 1.88. The molecule has 1 aliphatic heterocycles. The standard InChI is InChI=1S/C8H12N2O2S/c1-10(7-3-9-4-12-7)8(13)5-2-6(5)11/h5,7,9H,2-4H2,1H3. The molecule has 2 rings (SSSR count). The molecule has 0 aromatic heterocycles. The Morgan fingerprint density at radius 3 is 2.92 bits per heavy atom. The van der Waals surface area contributed by atoms with Crippen LogP contribution in [0, 0.1) is 5.92 Å². The minimum Gasteiger partial charge on any atom is -0.342 e. The van der Waals surface area contributed by atoms with Crippen LogP contribution in [0.15, 0.2) is 0 Å². The predicted molar refractivity (Wildman–Crippen MR) is 51.2 cm³/mol. The number of carbonyl (C=O) groups excluding carboxylic acids is 1. The van der Waals surface area contributed by atoms with Gasteiger partial charge in [0.05, 0.1) is 17.6 Å². The Labute approximate surface area is 82.2 Å². The predicted octanol–water partition coefficient (Wildman–Crippen LogP) is -0.262. The average Bonchev–Trinajstić information content (AvgIpc) is 2.69. The number of ketones is 1. The Morgan fingerprint density at radius 1 is 1.77 bits per heavy atom. The third-order valence-corrected chi connectivity index (χ3v) is 2.98. The molecule has 5 heteroatoms. The molecular weight excluding hydrogens is 188 g/mol. The Bertz CT molecular complexity index is 251. The molecule has 2 aliphatic rings. The van der Waals surface area contributed by atoms with Crippen LogP contribution < -0.4 is 5.32 Å². The first-order valence-corrected chi connectivity index (χ1v) is 4.72. The van der Waals surface area contributed by atoms with Gasteiger partial charge in [-0.25, -0.2) is 0 Å². The topological polar surface area (TPSA) is 41.6 Å². The van der Waals surface area contributed by atoms with Crippen molar-refractivity contribution < 1.29 is 9.53 Å². The van der Waals surface area contributed by atoms with Gasteiger partial charge in [-0.3, -0.25) is 10.1 Å². The maximum atomic E-state index is 10.9. The van der Waals surface area contributed by atoms with Crippen molar-refractivity contribution >= 4 is 23.0 Å². The van der Waals surface area contributed by atoms with Crippen molar-refractivity contribution in [2.45, 2.75) is 12.6 Å². The second-order valence-electron chi connectivity index (χ2n) is 3.39. The number of rotatable bonds is 2. The monoisotopic (exact) mass is 200 g/mol. The molecule has 0 radical (unpaired) electrons. The third-order valence-electron chi connectivity index (χ3n) is 2.41. The first kappa shape index (κ1) is 9.05. The molecule has 0 aromatic rings. The van der Waals surface area contributed by atoms with Crippen molar-refractivity contribution in [3.05, 3.63) is 0 Å². The zero-order valence-electron chi connectivity index (χ0n) is 7.45. The van der Waals surface area contributed by atoms with Gasteiger partial charge in [-0.15, -0.1) is 0 Å². The Morgan fingerprint density at radius 2 is 2.46 bits per heavy atom. The number of hydrogen-bond donors (Lipinski definition) is 1. The fourth-order valence-corrected chi connectivity index (χ4v) is 1.73. The van der Waals surface area contributed by atoms with Gasteiger partial charge in [0.25, 0.3) is 0 Å². The number of carbonyl (C=O) groups is 1. The Hall–Kier alpha value is -0.520. The van der Waals surface area contributed by atoms with E-state index in [4.69, 9.17) is 17.0 Å². The summed E-state index contributed by atoms with van der Waals surface area (Å²) >= 11 is 5.17. The largest absolute Gasteiger partial charge is 0.342 e. The molecule has 72 valence electrons. The van der Waals surface area contributed by atoms with Crippen molar-refractivity contribution in [1.29, 1.82) is 0 Å². The summed E-state index contributed by atoms with van der Waals surface area (Å²) in [5, 5.41) is 3.07. The number of hydrogen-bond acceptors (Lipinski definition) is 4. The van der Waals surface area contributed by atoms with Crippen LogP contribution in [0.2, 0.25) is 0 Å². The summed E-state index contributed by atoms with van der Waals surface area (Å²) in [6.07, 6.45) is 0.615. The van der Waals surface area contributed by atoms with Gasteiger partial charge in [0.2, 0.25) is 0 Å². The number of likely N-dealkylation sites (N-methyl/N-ethyl adjacent to an activating group) is 1.